The van der Waals surface area contributed by atoms with E-state index in [1.54, 1.807) is 0 Å². The lowest BCUT2D eigenvalue weighted by Gasteiger charge is -2.08. The Hall–Kier alpha value is -0.310. The molecule has 0 spiro atoms. The monoisotopic (exact) mass is 244 g/mol. The molecule has 0 aliphatic heterocycles. The van der Waals surface area contributed by atoms with Crippen LogP contribution in [0.2, 0.25) is 0 Å². The Balaban J connectivity index is 2.26. The first kappa shape index (κ1) is 10.8. The molecule has 0 radical (unpaired) electrons. The number of alkyl halides is 1. The van der Waals surface area contributed by atoms with Gasteiger partial charge in [0.2, 0.25) is 0 Å². The Morgan fingerprint density at radius 3 is 2.85 bits per heavy atom. The third-order valence-corrected chi connectivity index (χ3v) is 2.67. The highest BCUT2D eigenvalue weighted by Gasteiger charge is 2.01. The summed E-state index contributed by atoms with van der Waals surface area (Å²) >= 11 is 3.46. The predicted octanol–water partition coefficient (Wildman–Crippen LogP) is 3.00. The van der Waals surface area contributed by atoms with Crippen molar-refractivity contribution in [2.45, 2.75) is 33.2 Å². The first-order valence-corrected chi connectivity index (χ1v) is 5.89. The molecule has 0 saturated carbocycles. The van der Waals surface area contributed by atoms with Gasteiger partial charge in [0.15, 0.2) is 0 Å². The topological polar surface area (TPSA) is 17.8 Å². The number of nitrogens with zero attached hydrogens (tertiary/aromatic N) is 2. The first-order chi connectivity index (χ1) is 6.22. The van der Waals surface area contributed by atoms with Crippen molar-refractivity contribution in [2.24, 2.45) is 5.92 Å². The van der Waals surface area contributed by atoms with Gasteiger partial charge in [0.25, 0.3) is 0 Å². The second-order valence-electron chi connectivity index (χ2n) is 3.65. The fourth-order valence-electron chi connectivity index (χ4n) is 1.27. The summed E-state index contributed by atoms with van der Waals surface area (Å²) in [4.78, 5) is 0. The van der Waals surface area contributed by atoms with Gasteiger partial charge in [0.05, 0.1) is 6.20 Å². The van der Waals surface area contributed by atoms with Crippen molar-refractivity contribution >= 4 is 15.9 Å². The summed E-state index contributed by atoms with van der Waals surface area (Å²) in [6, 6.07) is 0. The van der Waals surface area contributed by atoms with Gasteiger partial charge in [0.1, 0.15) is 0 Å². The summed E-state index contributed by atoms with van der Waals surface area (Å²) < 4.78 is 2.03. The standard InChI is InChI=1S/C10H17BrN2/c1-9(3-5-11)4-6-13-8-10(2)7-12-13/h7-9H,3-6H2,1-2H3. The molecule has 0 aliphatic rings. The van der Waals surface area contributed by atoms with Gasteiger partial charge in [-0.15, -0.1) is 0 Å². The maximum atomic E-state index is 4.25. The van der Waals surface area contributed by atoms with Crippen LogP contribution >= 0.6 is 15.9 Å². The summed E-state index contributed by atoms with van der Waals surface area (Å²) in [5, 5.41) is 5.36. The minimum absolute atomic E-state index is 0.781. The van der Waals surface area contributed by atoms with Crippen LogP contribution in [0.25, 0.3) is 0 Å². The second kappa shape index (κ2) is 5.43. The predicted molar refractivity (Wildman–Crippen MR) is 59.2 cm³/mol. The highest BCUT2D eigenvalue weighted by atomic mass is 79.9. The van der Waals surface area contributed by atoms with Crippen LogP contribution in [0.1, 0.15) is 25.3 Å². The molecule has 0 aromatic carbocycles. The second-order valence-corrected chi connectivity index (χ2v) is 4.45. The van der Waals surface area contributed by atoms with E-state index in [1.807, 2.05) is 10.9 Å². The zero-order valence-electron chi connectivity index (χ0n) is 8.33. The van der Waals surface area contributed by atoms with Crippen molar-refractivity contribution in [1.29, 1.82) is 0 Å². The highest BCUT2D eigenvalue weighted by molar-refractivity contribution is 9.09. The van der Waals surface area contributed by atoms with E-state index in [2.05, 4.69) is 41.1 Å². The fourth-order valence-corrected chi connectivity index (χ4v) is 2.05. The van der Waals surface area contributed by atoms with E-state index in [0.717, 1.165) is 17.8 Å². The van der Waals surface area contributed by atoms with E-state index in [0.29, 0.717) is 0 Å². The molecule has 74 valence electrons. The quantitative estimate of drug-likeness (QED) is 0.729. The van der Waals surface area contributed by atoms with Crippen molar-refractivity contribution in [3.05, 3.63) is 18.0 Å². The van der Waals surface area contributed by atoms with E-state index in [1.165, 1.54) is 18.4 Å². The molecule has 1 heterocycles. The Bertz CT molecular complexity index is 245. The smallest absolute Gasteiger partial charge is 0.0518 e. The largest absolute Gasteiger partial charge is 0.272 e. The molecule has 2 nitrogen and oxygen atoms in total. The Morgan fingerprint density at radius 2 is 2.31 bits per heavy atom. The van der Waals surface area contributed by atoms with E-state index in [4.69, 9.17) is 0 Å². The minimum atomic E-state index is 0.781. The number of aromatic nitrogens is 2. The number of halogens is 1. The Labute approximate surface area is 88.5 Å². The number of hydrogen-bond acceptors (Lipinski definition) is 1. The van der Waals surface area contributed by atoms with Gasteiger partial charge < -0.3 is 0 Å². The maximum absolute atomic E-state index is 4.25. The third-order valence-electron chi connectivity index (χ3n) is 2.22. The summed E-state index contributed by atoms with van der Waals surface area (Å²) in [5.74, 6) is 0.781. The maximum Gasteiger partial charge on any atom is 0.0518 e. The SMILES string of the molecule is Cc1cnn(CCC(C)CCBr)c1. The zero-order chi connectivity index (χ0) is 9.68. The molecule has 13 heavy (non-hydrogen) atoms. The van der Waals surface area contributed by atoms with Gasteiger partial charge in [-0.2, -0.15) is 5.10 Å². The van der Waals surface area contributed by atoms with Crippen LogP contribution in [-0.2, 0) is 6.54 Å². The Morgan fingerprint density at radius 1 is 1.54 bits per heavy atom. The van der Waals surface area contributed by atoms with Gasteiger partial charge in [-0.1, -0.05) is 22.9 Å². The molecule has 0 amide bonds. The van der Waals surface area contributed by atoms with Crippen LogP contribution in [-0.4, -0.2) is 15.1 Å². The molecular formula is C10H17BrN2. The third kappa shape index (κ3) is 3.94. The van der Waals surface area contributed by atoms with Crippen molar-refractivity contribution in [2.75, 3.05) is 5.33 Å². The molecule has 3 heteroatoms. The fraction of sp³-hybridized carbons (Fsp3) is 0.700. The van der Waals surface area contributed by atoms with Crippen LogP contribution in [0.4, 0.5) is 0 Å². The van der Waals surface area contributed by atoms with Gasteiger partial charge in [-0.25, -0.2) is 0 Å². The Kier molecular flexibility index (Phi) is 4.50. The van der Waals surface area contributed by atoms with E-state index >= 15 is 0 Å². The average Bonchev–Trinajstić information content (AvgIpc) is 2.49. The normalized spacial score (nSPS) is 13.2. The van der Waals surface area contributed by atoms with E-state index < -0.39 is 0 Å². The van der Waals surface area contributed by atoms with Gasteiger partial charge in [-0.05, 0) is 31.2 Å². The molecular weight excluding hydrogens is 228 g/mol. The lowest BCUT2D eigenvalue weighted by molar-refractivity contribution is 0.451. The molecule has 0 saturated heterocycles. The highest BCUT2D eigenvalue weighted by Crippen LogP contribution is 2.10. The van der Waals surface area contributed by atoms with E-state index in [9.17, 15) is 0 Å². The number of rotatable bonds is 5. The molecule has 0 aliphatic carbocycles. The van der Waals surface area contributed by atoms with Crippen molar-refractivity contribution in [3.63, 3.8) is 0 Å². The molecule has 1 aromatic rings. The summed E-state index contributed by atoms with van der Waals surface area (Å²) in [7, 11) is 0. The molecule has 1 rings (SSSR count). The van der Waals surface area contributed by atoms with Crippen molar-refractivity contribution in [3.8, 4) is 0 Å². The van der Waals surface area contributed by atoms with Gasteiger partial charge in [0, 0.05) is 18.1 Å². The molecule has 0 N–H and O–H groups in total. The van der Waals surface area contributed by atoms with Crippen molar-refractivity contribution < 1.29 is 0 Å². The van der Waals surface area contributed by atoms with Crippen molar-refractivity contribution in [1.82, 2.24) is 9.78 Å². The van der Waals surface area contributed by atoms with Gasteiger partial charge in [-0.3, -0.25) is 4.68 Å². The van der Waals surface area contributed by atoms with Crippen LogP contribution in [0.5, 0.6) is 0 Å². The van der Waals surface area contributed by atoms with Crippen LogP contribution in [0.15, 0.2) is 12.4 Å². The molecule has 1 unspecified atom stereocenters. The zero-order valence-corrected chi connectivity index (χ0v) is 9.92. The number of aryl methyl sites for hydroxylation is 2. The molecule has 0 fully saturated rings. The lowest BCUT2D eigenvalue weighted by atomic mass is 10.1. The van der Waals surface area contributed by atoms with E-state index in [-0.39, 0.29) is 0 Å². The van der Waals surface area contributed by atoms with Crippen LogP contribution in [0.3, 0.4) is 0 Å². The number of hydrogen-bond donors (Lipinski definition) is 0. The van der Waals surface area contributed by atoms with Crippen LogP contribution < -0.4 is 0 Å². The average molecular weight is 245 g/mol. The summed E-state index contributed by atoms with van der Waals surface area (Å²) in [6.07, 6.45) is 6.48. The first-order valence-electron chi connectivity index (χ1n) is 4.77. The van der Waals surface area contributed by atoms with Crippen LogP contribution in [0, 0.1) is 12.8 Å². The molecule has 1 atom stereocenters. The summed E-state index contributed by atoms with van der Waals surface area (Å²) in [6.45, 7) is 5.41. The minimum Gasteiger partial charge on any atom is -0.272 e. The molecule has 1 aromatic heterocycles. The molecule has 0 bridgehead atoms. The van der Waals surface area contributed by atoms with Gasteiger partial charge >= 0.3 is 0 Å². The summed E-state index contributed by atoms with van der Waals surface area (Å²) in [5.41, 5.74) is 1.24. The lowest BCUT2D eigenvalue weighted by Crippen LogP contribution is -2.04.